The molecule has 0 unspecified atom stereocenters. The van der Waals surface area contributed by atoms with Crippen molar-refractivity contribution in [1.29, 1.82) is 0 Å². The van der Waals surface area contributed by atoms with Gasteiger partial charge in [0.05, 0.1) is 5.69 Å². The van der Waals surface area contributed by atoms with E-state index in [1.807, 2.05) is 31.2 Å². The maximum atomic E-state index is 5.92. The molecule has 0 fully saturated rings. The third-order valence-electron chi connectivity index (χ3n) is 2.98. The average Bonchev–Trinajstić information content (AvgIpc) is 2.64. The summed E-state index contributed by atoms with van der Waals surface area (Å²) < 4.78 is 0. The highest BCUT2D eigenvalue weighted by Gasteiger charge is 1.99. The lowest BCUT2D eigenvalue weighted by Crippen LogP contribution is -2.07. The minimum atomic E-state index is 0.578. The van der Waals surface area contributed by atoms with Crippen molar-refractivity contribution in [3.63, 3.8) is 0 Å². The lowest BCUT2D eigenvalue weighted by atomic mass is 10.2. The quantitative estimate of drug-likeness (QED) is 0.309. The van der Waals surface area contributed by atoms with Crippen LogP contribution in [-0.4, -0.2) is 23.2 Å². The second kappa shape index (κ2) is 14.5. The van der Waals surface area contributed by atoms with Gasteiger partial charge in [-0.05, 0) is 43.9 Å². The molecule has 1 rings (SSSR count). The zero-order chi connectivity index (χ0) is 18.9. The molecule has 0 amide bonds. The number of nitrogens with two attached hydrogens (primary N) is 1. The monoisotopic (exact) mass is 337 g/mol. The summed E-state index contributed by atoms with van der Waals surface area (Å²) in [5.74, 6) is 0.578. The highest BCUT2D eigenvalue weighted by Crippen LogP contribution is 2.12. The molecule has 1 aromatic rings. The lowest BCUT2D eigenvalue weighted by Gasteiger charge is -2.05. The minimum absolute atomic E-state index is 0.578. The Kier molecular flexibility index (Phi) is 12.7. The van der Waals surface area contributed by atoms with Gasteiger partial charge in [0, 0.05) is 31.1 Å². The van der Waals surface area contributed by atoms with E-state index >= 15 is 0 Å². The predicted octanol–water partition coefficient (Wildman–Crippen LogP) is 3.95. The first-order valence-corrected chi connectivity index (χ1v) is 7.96. The molecule has 1 aromatic heterocycles. The Bertz CT molecular complexity index is 651. The van der Waals surface area contributed by atoms with Crippen molar-refractivity contribution in [3.8, 4) is 12.8 Å². The van der Waals surface area contributed by atoms with Crippen molar-refractivity contribution in [1.82, 2.24) is 9.97 Å². The molecule has 0 saturated carbocycles. The van der Waals surface area contributed by atoms with Gasteiger partial charge in [0.15, 0.2) is 0 Å². The van der Waals surface area contributed by atoms with Crippen molar-refractivity contribution < 1.29 is 0 Å². The van der Waals surface area contributed by atoms with Crippen LogP contribution in [-0.2, 0) is 0 Å². The third-order valence-corrected chi connectivity index (χ3v) is 2.98. The first-order chi connectivity index (χ1) is 12.2. The van der Waals surface area contributed by atoms with Crippen LogP contribution in [0, 0.1) is 12.8 Å². The van der Waals surface area contributed by atoms with Gasteiger partial charge in [-0.3, -0.25) is 4.99 Å². The minimum Gasteiger partial charge on any atom is -0.402 e. The van der Waals surface area contributed by atoms with E-state index in [4.69, 9.17) is 5.73 Å². The van der Waals surface area contributed by atoms with E-state index in [2.05, 4.69) is 58.9 Å². The maximum Gasteiger partial charge on any atom is 0.223 e. The molecule has 0 bridgehead atoms. The standard InChI is InChI=1S/C18H25N5.C2H2/c1-4-5-6-9-16(19)10-13-21-18-22-14-11-17(23-18)15(2)8-7-12-20-3;1-2/h5-8,10-12,14H,3-4,9,13,19H2,1-2H3,(H,21,22,23);1-2H/b6-5-,12-7-,15-8+,16-10+;. The number of aliphatic imine (C=N–C) groups is 1. The van der Waals surface area contributed by atoms with Crippen LogP contribution in [0.5, 0.6) is 0 Å². The fourth-order valence-corrected chi connectivity index (χ4v) is 1.74. The normalized spacial score (nSPS) is 12.0. The number of nitrogens with zero attached hydrogens (tertiary/aromatic N) is 3. The largest absolute Gasteiger partial charge is 0.402 e. The first-order valence-electron chi connectivity index (χ1n) is 7.96. The van der Waals surface area contributed by atoms with Crippen LogP contribution in [0.4, 0.5) is 5.95 Å². The van der Waals surface area contributed by atoms with Gasteiger partial charge in [0.1, 0.15) is 0 Å². The molecule has 3 N–H and O–H groups in total. The van der Waals surface area contributed by atoms with Crippen molar-refractivity contribution >= 4 is 18.2 Å². The summed E-state index contributed by atoms with van der Waals surface area (Å²) in [5.41, 5.74) is 8.64. The van der Waals surface area contributed by atoms with Gasteiger partial charge in [-0.15, -0.1) is 12.8 Å². The molecule has 0 radical (unpaired) electrons. The number of nitrogens with one attached hydrogen (secondary N) is 1. The highest BCUT2D eigenvalue weighted by molar-refractivity contribution is 5.62. The number of rotatable bonds is 9. The lowest BCUT2D eigenvalue weighted by molar-refractivity contribution is 1.07. The smallest absolute Gasteiger partial charge is 0.223 e. The number of terminal acetylenes is 1. The summed E-state index contributed by atoms with van der Waals surface area (Å²) in [7, 11) is 0. The van der Waals surface area contributed by atoms with Crippen LogP contribution in [0.25, 0.3) is 5.57 Å². The van der Waals surface area contributed by atoms with Crippen molar-refractivity contribution in [3.05, 3.63) is 60.2 Å². The van der Waals surface area contributed by atoms with Gasteiger partial charge in [0.2, 0.25) is 5.95 Å². The van der Waals surface area contributed by atoms with Crippen LogP contribution in [0.1, 0.15) is 32.4 Å². The number of hydrogen-bond acceptors (Lipinski definition) is 5. The molecule has 25 heavy (non-hydrogen) atoms. The van der Waals surface area contributed by atoms with Crippen LogP contribution in [0.3, 0.4) is 0 Å². The van der Waals surface area contributed by atoms with E-state index in [-0.39, 0.29) is 0 Å². The van der Waals surface area contributed by atoms with Crippen molar-refractivity contribution in [2.45, 2.75) is 26.7 Å². The van der Waals surface area contributed by atoms with Crippen LogP contribution >= 0.6 is 0 Å². The Morgan fingerprint density at radius 2 is 2.16 bits per heavy atom. The third kappa shape index (κ3) is 10.3. The van der Waals surface area contributed by atoms with E-state index in [0.717, 1.165) is 29.8 Å². The van der Waals surface area contributed by atoms with Gasteiger partial charge in [0.25, 0.3) is 0 Å². The summed E-state index contributed by atoms with van der Waals surface area (Å²) in [6.07, 6.45) is 23.0. The zero-order valence-electron chi connectivity index (χ0n) is 15.0. The van der Waals surface area contributed by atoms with E-state index in [9.17, 15) is 0 Å². The van der Waals surface area contributed by atoms with Crippen LogP contribution < -0.4 is 11.1 Å². The fourth-order valence-electron chi connectivity index (χ4n) is 1.74. The molecule has 0 aliphatic heterocycles. The molecule has 0 spiro atoms. The second-order valence-electron chi connectivity index (χ2n) is 4.88. The molecule has 5 heteroatoms. The van der Waals surface area contributed by atoms with E-state index in [1.54, 1.807) is 12.4 Å². The summed E-state index contributed by atoms with van der Waals surface area (Å²) in [5, 5.41) is 3.15. The Labute approximate surface area is 151 Å². The number of anilines is 1. The summed E-state index contributed by atoms with van der Waals surface area (Å²) in [4.78, 5) is 12.3. The molecular formula is C20H27N5. The molecule has 132 valence electrons. The number of allylic oxidation sites excluding steroid dienone is 5. The number of aromatic nitrogens is 2. The van der Waals surface area contributed by atoms with Crippen LogP contribution in [0.15, 0.2) is 59.5 Å². The van der Waals surface area contributed by atoms with Gasteiger partial charge in [-0.1, -0.05) is 25.2 Å². The van der Waals surface area contributed by atoms with E-state index in [1.165, 1.54) is 0 Å². The predicted molar refractivity (Wildman–Crippen MR) is 109 cm³/mol. The zero-order valence-corrected chi connectivity index (χ0v) is 15.0. The Hall–Kier alpha value is -3.13. The van der Waals surface area contributed by atoms with Gasteiger partial charge in [-0.2, -0.15) is 0 Å². The maximum absolute atomic E-state index is 5.92. The second-order valence-corrected chi connectivity index (χ2v) is 4.88. The average molecular weight is 337 g/mol. The summed E-state index contributed by atoms with van der Waals surface area (Å²) >= 11 is 0. The summed E-state index contributed by atoms with van der Waals surface area (Å²) in [6, 6.07) is 1.87. The van der Waals surface area contributed by atoms with Crippen molar-refractivity contribution in [2.24, 2.45) is 10.7 Å². The Morgan fingerprint density at radius 1 is 1.40 bits per heavy atom. The molecule has 0 aliphatic rings. The Balaban J connectivity index is 0.00000277. The summed E-state index contributed by atoms with van der Waals surface area (Å²) in [6.45, 7) is 8.07. The topological polar surface area (TPSA) is 76.2 Å². The molecule has 0 atom stereocenters. The molecule has 0 aromatic carbocycles. The SMILES string of the molecule is C#C.C=N/C=C\C=C(/C)c1ccnc(NC/C=C(/N)C/C=C\CC)n1. The highest BCUT2D eigenvalue weighted by atomic mass is 15.1. The Morgan fingerprint density at radius 3 is 2.84 bits per heavy atom. The fraction of sp³-hybridized carbons (Fsp3) is 0.250. The molecule has 1 heterocycles. The molecule has 5 nitrogen and oxygen atoms in total. The van der Waals surface area contributed by atoms with Gasteiger partial charge in [-0.25, -0.2) is 9.97 Å². The van der Waals surface area contributed by atoms with Crippen LogP contribution in [0.2, 0.25) is 0 Å². The van der Waals surface area contributed by atoms with Gasteiger partial charge >= 0.3 is 0 Å². The molecule has 0 aliphatic carbocycles. The van der Waals surface area contributed by atoms with E-state index < -0.39 is 0 Å². The molecule has 0 saturated heterocycles. The first kappa shape index (κ1) is 21.9. The van der Waals surface area contributed by atoms with Crippen molar-refractivity contribution in [2.75, 3.05) is 11.9 Å². The number of hydrogen-bond donors (Lipinski definition) is 2. The molecular weight excluding hydrogens is 310 g/mol. The van der Waals surface area contributed by atoms with E-state index in [0.29, 0.717) is 12.5 Å². The van der Waals surface area contributed by atoms with Gasteiger partial charge < -0.3 is 11.1 Å².